The molecule has 1 unspecified atom stereocenters. The van der Waals surface area contributed by atoms with Crippen LogP contribution >= 0.6 is 0 Å². The summed E-state index contributed by atoms with van der Waals surface area (Å²) in [5, 5.41) is 9.55. The second-order valence-electron chi connectivity index (χ2n) is 3.49. The maximum atomic E-state index is 13.8. The Kier molecular flexibility index (Phi) is 2.25. The van der Waals surface area contributed by atoms with Crippen molar-refractivity contribution in [2.24, 2.45) is 0 Å². The van der Waals surface area contributed by atoms with E-state index >= 15 is 0 Å². The monoisotopic (exact) mass is 193 g/mol. The average molecular weight is 193 g/mol. The van der Waals surface area contributed by atoms with Crippen molar-refractivity contribution in [2.75, 3.05) is 6.61 Å². The predicted octanol–water partition coefficient (Wildman–Crippen LogP) is 2.40. The molecule has 1 aromatic heterocycles. The van der Waals surface area contributed by atoms with Gasteiger partial charge in [-0.05, 0) is 17.7 Å². The number of aliphatic hydroxyl groups excluding tert-OH is 1. The number of hydrogen-bond acceptors (Lipinski definition) is 1. The fraction of sp³-hybridized carbons (Fsp3) is 0.273. The van der Waals surface area contributed by atoms with Gasteiger partial charge < -0.3 is 10.1 Å². The van der Waals surface area contributed by atoms with E-state index in [0.717, 1.165) is 5.52 Å². The molecule has 0 aliphatic carbocycles. The lowest BCUT2D eigenvalue weighted by Gasteiger charge is -2.09. The zero-order valence-corrected chi connectivity index (χ0v) is 7.92. The van der Waals surface area contributed by atoms with Crippen molar-refractivity contribution < 1.29 is 9.50 Å². The van der Waals surface area contributed by atoms with Crippen LogP contribution in [0.3, 0.4) is 0 Å². The van der Waals surface area contributed by atoms with E-state index in [1.54, 1.807) is 25.3 Å². The molecule has 2 aromatic rings. The van der Waals surface area contributed by atoms with E-state index in [2.05, 4.69) is 4.98 Å². The molecule has 74 valence electrons. The van der Waals surface area contributed by atoms with Gasteiger partial charge in [0.05, 0.1) is 0 Å². The summed E-state index contributed by atoms with van der Waals surface area (Å²) >= 11 is 0. The third-order valence-electron chi connectivity index (χ3n) is 2.50. The summed E-state index contributed by atoms with van der Waals surface area (Å²) in [7, 11) is 0. The van der Waals surface area contributed by atoms with Crippen LogP contribution in [0.25, 0.3) is 10.9 Å². The zero-order chi connectivity index (χ0) is 10.1. The summed E-state index contributed by atoms with van der Waals surface area (Å²) < 4.78 is 13.8. The van der Waals surface area contributed by atoms with Gasteiger partial charge in [0.1, 0.15) is 5.82 Å². The topological polar surface area (TPSA) is 36.0 Å². The number of fused-ring (bicyclic) bond motifs is 1. The largest absolute Gasteiger partial charge is 0.396 e. The van der Waals surface area contributed by atoms with Gasteiger partial charge in [-0.15, -0.1) is 0 Å². The Morgan fingerprint density at radius 3 is 2.93 bits per heavy atom. The van der Waals surface area contributed by atoms with Crippen molar-refractivity contribution in [2.45, 2.75) is 12.8 Å². The number of hydrogen-bond donors (Lipinski definition) is 2. The normalized spacial score (nSPS) is 13.4. The number of halogens is 1. The smallest absolute Gasteiger partial charge is 0.136 e. The molecule has 2 nitrogen and oxygen atoms in total. The maximum Gasteiger partial charge on any atom is 0.136 e. The van der Waals surface area contributed by atoms with Gasteiger partial charge >= 0.3 is 0 Å². The Hall–Kier alpha value is -1.35. The van der Waals surface area contributed by atoms with E-state index in [1.165, 1.54) is 0 Å². The third kappa shape index (κ3) is 1.30. The Bertz CT molecular complexity index is 449. The van der Waals surface area contributed by atoms with Crippen LogP contribution in [0.1, 0.15) is 18.4 Å². The van der Waals surface area contributed by atoms with Crippen LogP contribution in [0.15, 0.2) is 24.4 Å². The van der Waals surface area contributed by atoms with Gasteiger partial charge in [-0.1, -0.05) is 13.0 Å². The highest BCUT2D eigenvalue weighted by molar-refractivity contribution is 5.80. The molecule has 2 N–H and O–H groups in total. The molecule has 0 spiro atoms. The molecular weight excluding hydrogens is 181 g/mol. The zero-order valence-electron chi connectivity index (χ0n) is 7.92. The molecule has 0 aliphatic heterocycles. The van der Waals surface area contributed by atoms with Crippen molar-refractivity contribution in [3.05, 3.63) is 35.8 Å². The summed E-state index contributed by atoms with van der Waals surface area (Å²) in [6.45, 7) is 1.77. The molecule has 0 bridgehead atoms. The van der Waals surface area contributed by atoms with Gasteiger partial charge in [0.15, 0.2) is 0 Å². The van der Waals surface area contributed by atoms with Gasteiger partial charge in [0.25, 0.3) is 0 Å². The first-order valence-electron chi connectivity index (χ1n) is 4.60. The van der Waals surface area contributed by atoms with Crippen LogP contribution in [0.4, 0.5) is 4.39 Å². The van der Waals surface area contributed by atoms with E-state index in [1.807, 2.05) is 6.07 Å². The van der Waals surface area contributed by atoms with E-state index in [4.69, 9.17) is 5.11 Å². The van der Waals surface area contributed by atoms with Crippen LogP contribution in [-0.4, -0.2) is 16.7 Å². The highest BCUT2D eigenvalue weighted by atomic mass is 19.1. The van der Waals surface area contributed by atoms with Crippen molar-refractivity contribution in [3.63, 3.8) is 0 Å². The first-order valence-corrected chi connectivity index (χ1v) is 4.60. The molecular formula is C11H12FNO. The van der Waals surface area contributed by atoms with Gasteiger partial charge in [0.2, 0.25) is 0 Å². The third-order valence-corrected chi connectivity index (χ3v) is 2.50. The molecule has 1 heterocycles. The lowest BCUT2D eigenvalue weighted by atomic mass is 10.00. The van der Waals surface area contributed by atoms with Crippen LogP contribution < -0.4 is 0 Å². The van der Waals surface area contributed by atoms with Gasteiger partial charge in [-0.25, -0.2) is 4.39 Å². The first kappa shape index (κ1) is 9.21. The number of benzene rings is 1. The van der Waals surface area contributed by atoms with E-state index in [9.17, 15) is 4.39 Å². The number of nitrogens with one attached hydrogen (secondary N) is 1. The summed E-state index contributed by atoms with van der Waals surface area (Å²) in [6, 6.07) is 5.26. The molecule has 3 heteroatoms. The van der Waals surface area contributed by atoms with Crippen molar-refractivity contribution in [1.29, 1.82) is 0 Å². The average Bonchev–Trinajstić information content (AvgIpc) is 2.66. The summed E-state index contributed by atoms with van der Waals surface area (Å²) in [6.07, 6.45) is 1.71. The number of aromatic nitrogens is 1. The lowest BCUT2D eigenvalue weighted by molar-refractivity contribution is 0.270. The SMILES string of the molecule is CC(CO)c1ccc2[nH]ccc2c1F. The molecule has 0 radical (unpaired) electrons. The second-order valence-corrected chi connectivity index (χ2v) is 3.49. The van der Waals surface area contributed by atoms with Gasteiger partial charge in [-0.3, -0.25) is 0 Å². The van der Waals surface area contributed by atoms with Crippen LogP contribution in [0, 0.1) is 5.82 Å². The van der Waals surface area contributed by atoms with Crippen LogP contribution in [0.5, 0.6) is 0 Å². The number of rotatable bonds is 2. The minimum absolute atomic E-state index is 0.0349. The minimum atomic E-state index is -0.231. The van der Waals surface area contributed by atoms with Crippen molar-refractivity contribution in [1.82, 2.24) is 4.98 Å². The molecule has 14 heavy (non-hydrogen) atoms. The number of H-pyrrole nitrogens is 1. The standard InChI is InChI=1S/C11H12FNO/c1-7(6-14)8-2-3-10-9(11(8)12)4-5-13-10/h2-5,7,13-14H,6H2,1H3. The summed E-state index contributed by atoms with van der Waals surface area (Å²) in [5.74, 6) is -0.389. The highest BCUT2D eigenvalue weighted by Crippen LogP contribution is 2.25. The van der Waals surface area contributed by atoms with E-state index < -0.39 is 0 Å². The number of aromatic amines is 1. The summed E-state index contributed by atoms with van der Waals surface area (Å²) in [5.41, 5.74) is 1.36. The molecule has 0 aliphatic rings. The Labute approximate surface area is 81.4 Å². The Morgan fingerprint density at radius 1 is 1.43 bits per heavy atom. The van der Waals surface area contributed by atoms with E-state index in [-0.39, 0.29) is 18.3 Å². The first-order chi connectivity index (χ1) is 6.74. The fourth-order valence-corrected chi connectivity index (χ4v) is 1.59. The fourth-order valence-electron chi connectivity index (χ4n) is 1.59. The molecule has 0 amide bonds. The minimum Gasteiger partial charge on any atom is -0.396 e. The van der Waals surface area contributed by atoms with Gasteiger partial charge in [0, 0.05) is 29.6 Å². The Balaban J connectivity index is 2.61. The van der Waals surface area contributed by atoms with Crippen molar-refractivity contribution in [3.8, 4) is 0 Å². The molecule has 1 atom stereocenters. The van der Waals surface area contributed by atoms with Crippen molar-refractivity contribution >= 4 is 10.9 Å². The molecule has 2 rings (SSSR count). The second kappa shape index (κ2) is 3.42. The van der Waals surface area contributed by atoms with E-state index in [0.29, 0.717) is 10.9 Å². The van der Waals surface area contributed by atoms with Gasteiger partial charge in [-0.2, -0.15) is 0 Å². The predicted molar refractivity (Wildman–Crippen MR) is 53.8 cm³/mol. The number of aliphatic hydroxyl groups is 1. The molecule has 0 saturated carbocycles. The molecule has 0 fully saturated rings. The molecule has 1 aromatic carbocycles. The highest BCUT2D eigenvalue weighted by Gasteiger charge is 2.12. The quantitative estimate of drug-likeness (QED) is 0.754. The molecule has 0 saturated heterocycles. The Morgan fingerprint density at radius 2 is 2.21 bits per heavy atom. The van der Waals surface area contributed by atoms with Crippen LogP contribution in [0.2, 0.25) is 0 Å². The maximum absolute atomic E-state index is 13.8. The summed E-state index contributed by atoms with van der Waals surface area (Å²) in [4.78, 5) is 2.94. The van der Waals surface area contributed by atoms with Crippen LogP contribution in [-0.2, 0) is 0 Å². The lowest BCUT2D eigenvalue weighted by Crippen LogP contribution is -2.01.